The van der Waals surface area contributed by atoms with Gasteiger partial charge in [-0.2, -0.15) is 0 Å². The Morgan fingerprint density at radius 1 is 1.26 bits per heavy atom. The van der Waals surface area contributed by atoms with E-state index in [1.54, 1.807) is 0 Å². The summed E-state index contributed by atoms with van der Waals surface area (Å²) in [5.41, 5.74) is 0.648. The van der Waals surface area contributed by atoms with Crippen molar-refractivity contribution in [3.63, 3.8) is 0 Å². The maximum absolute atomic E-state index is 13.7. The van der Waals surface area contributed by atoms with Crippen molar-refractivity contribution >= 4 is 0 Å². The van der Waals surface area contributed by atoms with Crippen LogP contribution in [-0.4, -0.2) is 13.1 Å². The number of benzene rings is 1. The van der Waals surface area contributed by atoms with Crippen LogP contribution in [-0.2, 0) is 6.42 Å². The molecule has 1 aromatic carbocycles. The largest absolute Gasteiger partial charge is 0.316 e. The molecule has 1 aliphatic rings. The summed E-state index contributed by atoms with van der Waals surface area (Å²) in [6.07, 6.45) is 4.05. The highest BCUT2D eigenvalue weighted by Crippen LogP contribution is 2.43. The van der Waals surface area contributed by atoms with Crippen molar-refractivity contribution in [2.24, 2.45) is 11.3 Å². The van der Waals surface area contributed by atoms with E-state index in [0.717, 1.165) is 25.9 Å². The van der Waals surface area contributed by atoms with E-state index >= 15 is 0 Å². The molecule has 2 rings (SSSR count). The monoisotopic (exact) mass is 267 g/mol. The zero-order valence-electron chi connectivity index (χ0n) is 11.8. The van der Waals surface area contributed by atoms with Gasteiger partial charge in [0.15, 0.2) is 0 Å². The molecule has 0 atom stereocenters. The summed E-state index contributed by atoms with van der Waals surface area (Å²) in [7, 11) is 0. The molecule has 0 saturated heterocycles. The van der Waals surface area contributed by atoms with Gasteiger partial charge >= 0.3 is 0 Å². The molecule has 0 aliphatic heterocycles. The molecule has 0 heterocycles. The lowest BCUT2D eigenvalue weighted by Gasteiger charge is -2.42. The molecule has 106 valence electrons. The van der Waals surface area contributed by atoms with E-state index in [4.69, 9.17) is 0 Å². The molecule has 0 amide bonds. The minimum atomic E-state index is -0.346. The summed E-state index contributed by atoms with van der Waals surface area (Å²) in [4.78, 5) is 0. The van der Waals surface area contributed by atoms with Crippen LogP contribution in [0.4, 0.5) is 8.78 Å². The van der Waals surface area contributed by atoms with Crippen molar-refractivity contribution in [2.75, 3.05) is 13.1 Å². The molecule has 3 heteroatoms. The van der Waals surface area contributed by atoms with Crippen LogP contribution in [0.15, 0.2) is 18.2 Å². The highest BCUT2D eigenvalue weighted by molar-refractivity contribution is 5.21. The van der Waals surface area contributed by atoms with Gasteiger partial charge in [0.2, 0.25) is 0 Å². The van der Waals surface area contributed by atoms with Crippen molar-refractivity contribution in [2.45, 2.75) is 39.5 Å². The molecular formula is C16H23F2N. The standard InChI is InChI=1S/C16H23F2N/c1-12(2)10-19-11-16(6-3-7-16)9-13-8-14(17)4-5-15(13)18/h4-5,8,12,19H,3,6-7,9-11H2,1-2H3. The number of hydrogen-bond acceptors (Lipinski definition) is 1. The molecular weight excluding hydrogens is 244 g/mol. The van der Waals surface area contributed by atoms with Crippen LogP contribution in [0, 0.1) is 23.0 Å². The third-order valence-corrected chi connectivity index (χ3v) is 4.04. The summed E-state index contributed by atoms with van der Waals surface area (Å²) in [6.45, 7) is 6.23. The zero-order chi connectivity index (χ0) is 13.9. The van der Waals surface area contributed by atoms with Crippen molar-refractivity contribution in [3.8, 4) is 0 Å². The highest BCUT2D eigenvalue weighted by atomic mass is 19.1. The Hall–Kier alpha value is -0.960. The second kappa shape index (κ2) is 6.00. The Labute approximate surface area is 114 Å². The van der Waals surface area contributed by atoms with Crippen molar-refractivity contribution in [1.82, 2.24) is 5.32 Å². The van der Waals surface area contributed by atoms with E-state index in [1.165, 1.54) is 24.6 Å². The number of hydrogen-bond donors (Lipinski definition) is 1. The third-order valence-electron chi connectivity index (χ3n) is 4.04. The quantitative estimate of drug-likeness (QED) is 0.823. The number of rotatable bonds is 6. The third kappa shape index (κ3) is 3.75. The van der Waals surface area contributed by atoms with Crippen molar-refractivity contribution in [1.29, 1.82) is 0 Å². The number of halogens is 2. The van der Waals surface area contributed by atoms with Gasteiger partial charge in [0.25, 0.3) is 0 Å². The summed E-state index contributed by atoms with van der Waals surface area (Å²) >= 11 is 0. The average molecular weight is 267 g/mol. The topological polar surface area (TPSA) is 12.0 Å². The molecule has 0 spiro atoms. The Morgan fingerprint density at radius 3 is 2.58 bits per heavy atom. The fourth-order valence-corrected chi connectivity index (χ4v) is 2.80. The van der Waals surface area contributed by atoms with E-state index in [9.17, 15) is 8.78 Å². The predicted octanol–water partition coefficient (Wildman–Crippen LogP) is 3.92. The predicted molar refractivity (Wildman–Crippen MR) is 74.1 cm³/mol. The van der Waals surface area contributed by atoms with E-state index in [0.29, 0.717) is 17.9 Å². The van der Waals surface area contributed by atoms with Crippen molar-refractivity contribution in [3.05, 3.63) is 35.4 Å². The fraction of sp³-hybridized carbons (Fsp3) is 0.625. The first-order valence-electron chi connectivity index (χ1n) is 7.15. The lowest BCUT2D eigenvalue weighted by Crippen LogP contribution is -2.42. The van der Waals surface area contributed by atoms with Gasteiger partial charge in [0.05, 0.1) is 0 Å². The molecule has 0 radical (unpaired) electrons. The summed E-state index contributed by atoms with van der Waals surface area (Å²) in [5, 5.41) is 3.47. The SMILES string of the molecule is CC(C)CNCC1(Cc2cc(F)ccc2F)CCC1. The Morgan fingerprint density at radius 2 is 2.00 bits per heavy atom. The van der Waals surface area contributed by atoms with Crippen LogP contribution in [0.1, 0.15) is 38.7 Å². The van der Waals surface area contributed by atoms with E-state index in [2.05, 4.69) is 19.2 Å². The maximum atomic E-state index is 13.7. The van der Waals surface area contributed by atoms with E-state index in [1.807, 2.05) is 0 Å². The molecule has 1 N–H and O–H groups in total. The van der Waals surface area contributed by atoms with Gasteiger partial charge in [-0.05, 0) is 60.9 Å². The second-order valence-electron chi connectivity index (χ2n) is 6.29. The lowest BCUT2D eigenvalue weighted by molar-refractivity contribution is 0.127. The van der Waals surface area contributed by atoms with Crippen LogP contribution < -0.4 is 5.32 Å². The van der Waals surface area contributed by atoms with Gasteiger partial charge in [-0.15, -0.1) is 0 Å². The minimum Gasteiger partial charge on any atom is -0.316 e. The average Bonchev–Trinajstić information content (AvgIpc) is 2.30. The van der Waals surface area contributed by atoms with Gasteiger partial charge in [0.1, 0.15) is 11.6 Å². The normalized spacial score (nSPS) is 17.5. The summed E-state index contributed by atoms with van der Waals surface area (Å²) in [6, 6.07) is 3.76. The highest BCUT2D eigenvalue weighted by Gasteiger charge is 2.37. The fourth-order valence-electron chi connectivity index (χ4n) is 2.80. The Kier molecular flexibility index (Phi) is 4.56. The molecule has 1 saturated carbocycles. The van der Waals surface area contributed by atoms with Gasteiger partial charge in [-0.1, -0.05) is 20.3 Å². The van der Waals surface area contributed by atoms with Gasteiger partial charge in [-0.3, -0.25) is 0 Å². The molecule has 0 aromatic heterocycles. The first kappa shape index (κ1) is 14.4. The first-order chi connectivity index (χ1) is 9.01. The van der Waals surface area contributed by atoms with Crippen molar-refractivity contribution < 1.29 is 8.78 Å². The molecule has 1 fully saturated rings. The van der Waals surface area contributed by atoms with E-state index < -0.39 is 0 Å². The smallest absolute Gasteiger partial charge is 0.126 e. The van der Waals surface area contributed by atoms with Crippen LogP contribution in [0.3, 0.4) is 0 Å². The molecule has 0 unspecified atom stereocenters. The van der Waals surface area contributed by atoms with Crippen LogP contribution in [0.25, 0.3) is 0 Å². The zero-order valence-corrected chi connectivity index (χ0v) is 11.8. The van der Waals surface area contributed by atoms with Gasteiger partial charge in [-0.25, -0.2) is 8.78 Å². The van der Waals surface area contributed by atoms with Gasteiger partial charge < -0.3 is 5.32 Å². The van der Waals surface area contributed by atoms with Crippen LogP contribution in [0.5, 0.6) is 0 Å². The molecule has 0 bridgehead atoms. The minimum absolute atomic E-state index is 0.128. The summed E-state index contributed by atoms with van der Waals surface area (Å²) < 4.78 is 26.9. The maximum Gasteiger partial charge on any atom is 0.126 e. The Bertz CT molecular complexity index is 425. The molecule has 1 aliphatic carbocycles. The molecule has 19 heavy (non-hydrogen) atoms. The summed E-state index contributed by atoms with van der Waals surface area (Å²) in [5.74, 6) is -0.0134. The van der Waals surface area contributed by atoms with E-state index in [-0.39, 0.29) is 17.0 Å². The number of nitrogens with one attached hydrogen (secondary N) is 1. The molecule has 1 nitrogen and oxygen atoms in total. The van der Waals surface area contributed by atoms with Crippen LogP contribution >= 0.6 is 0 Å². The van der Waals surface area contributed by atoms with Gasteiger partial charge in [0, 0.05) is 6.54 Å². The Balaban J connectivity index is 1.99. The molecule has 1 aromatic rings. The lowest BCUT2D eigenvalue weighted by atomic mass is 9.65. The second-order valence-corrected chi connectivity index (χ2v) is 6.29. The van der Waals surface area contributed by atoms with Crippen LogP contribution in [0.2, 0.25) is 0 Å². The first-order valence-corrected chi connectivity index (χ1v) is 7.15.